The number of alkyl halides is 3. The van der Waals surface area contributed by atoms with E-state index in [1.165, 1.54) is 17.8 Å². The minimum absolute atomic E-state index is 0.0497. The maximum Gasteiger partial charge on any atom is 0.416 e. The fourth-order valence-electron chi connectivity index (χ4n) is 3.47. The van der Waals surface area contributed by atoms with Crippen LogP contribution >= 0.6 is 0 Å². The molecule has 0 spiro atoms. The summed E-state index contributed by atoms with van der Waals surface area (Å²) in [5, 5.41) is 3.60. The molecule has 0 saturated carbocycles. The van der Waals surface area contributed by atoms with Gasteiger partial charge in [-0.1, -0.05) is 30.3 Å². The molecule has 2 aromatic carbocycles. The normalized spacial score (nSPS) is 14.0. The molecule has 0 aliphatic carbocycles. The van der Waals surface area contributed by atoms with Gasteiger partial charge in [0, 0.05) is 30.4 Å². The summed E-state index contributed by atoms with van der Waals surface area (Å²) in [4.78, 5) is 18.4. The van der Waals surface area contributed by atoms with Gasteiger partial charge in [-0.05, 0) is 35.7 Å². The lowest BCUT2D eigenvalue weighted by molar-refractivity contribution is -0.137. The predicted molar refractivity (Wildman–Crippen MR) is 101 cm³/mol. The molecule has 4 rings (SSSR count). The van der Waals surface area contributed by atoms with Crippen LogP contribution in [0.1, 0.15) is 16.7 Å². The Morgan fingerprint density at radius 2 is 1.89 bits per heavy atom. The average Bonchev–Trinajstić information content (AvgIpc) is 2.70. The van der Waals surface area contributed by atoms with Gasteiger partial charge in [0.2, 0.25) is 5.91 Å². The first-order valence-electron chi connectivity index (χ1n) is 8.96. The summed E-state index contributed by atoms with van der Waals surface area (Å²) in [5.41, 5.74) is 2.49. The molecule has 3 aromatic rings. The molecule has 0 bridgehead atoms. The summed E-state index contributed by atoms with van der Waals surface area (Å²) in [6, 6.07) is 13.1. The van der Waals surface area contributed by atoms with Crippen LogP contribution in [0.3, 0.4) is 0 Å². The van der Waals surface area contributed by atoms with Gasteiger partial charge >= 0.3 is 6.18 Å². The number of halogens is 3. The van der Waals surface area contributed by atoms with Crippen LogP contribution in [0.25, 0.3) is 10.9 Å². The van der Waals surface area contributed by atoms with Crippen LogP contribution in [-0.2, 0) is 23.9 Å². The SMILES string of the molecule is O=C(CNc1ccnc2cc(C(F)(F)F)ccc12)N1CCc2ccccc2C1. The van der Waals surface area contributed by atoms with Crippen LogP contribution in [0.2, 0.25) is 0 Å². The molecule has 28 heavy (non-hydrogen) atoms. The Bertz CT molecular complexity index is 1030. The van der Waals surface area contributed by atoms with Crippen molar-refractivity contribution in [1.29, 1.82) is 0 Å². The second kappa shape index (κ2) is 7.14. The van der Waals surface area contributed by atoms with E-state index >= 15 is 0 Å². The van der Waals surface area contributed by atoms with E-state index in [2.05, 4.69) is 16.4 Å². The van der Waals surface area contributed by atoms with Gasteiger partial charge < -0.3 is 10.2 Å². The standard InChI is InChI=1S/C21H18F3N3O/c22-21(23,24)16-5-6-17-18(7-9-25-19(17)11-16)26-12-20(28)27-10-8-14-3-1-2-4-15(14)13-27/h1-7,9,11H,8,10,12-13H2,(H,25,26). The van der Waals surface area contributed by atoms with E-state index < -0.39 is 11.7 Å². The van der Waals surface area contributed by atoms with Crippen LogP contribution in [-0.4, -0.2) is 28.9 Å². The van der Waals surface area contributed by atoms with Crippen molar-refractivity contribution < 1.29 is 18.0 Å². The van der Waals surface area contributed by atoms with Crippen molar-refractivity contribution in [3.8, 4) is 0 Å². The number of amides is 1. The van der Waals surface area contributed by atoms with Gasteiger partial charge in [0.05, 0.1) is 17.6 Å². The number of aromatic nitrogens is 1. The van der Waals surface area contributed by atoms with E-state index in [1.54, 1.807) is 11.0 Å². The van der Waals surface area contributed by atoms with Crippen molar-refractivity contribution >= 4 is 22.5 Å². The number of nitrogens with one attached hydrogen (secondary N) is 1. The zero-order valence-electron chi connectivity index (χ0n) is 15.0. The number of fused-ring (bicyclic) bond motifs is 2. The molecular weight excluding hydrogens is 367 g/mol. The highest BCUT2D eigenvalue weighted by Gasteiger charge is 2.30. The first-order chi connectivity index (χ1) is 13.4. The van der Waals surface area contributed by atoms with E-state index in [0.29, 0.717) is 24.2 Å². The third-order valence-electron chi connectivity index (χ3n) is 4.98. The second-order valence-corrected chi connectivity index (χ2v) is 6.78. The topological polar surface area (TPSA) is 45.2 Å². The minimum Gasteiger partial charge on any atom is -0.376 e. The summed E-state index contributed by atoms with van der Waals surface area (Å²) in [6.07, 6.45) is -2.16. The van der Waals surface area contributed by atoms with E-state index in [9.17, 15) is 18.0 Å². The Morgan fingerprint density at radius 3 is 2.68 bits per heavy atom. The fourth-order valence-corrected chi connectivity index (χ4v) is 3.47. The van der Waals surface area contributed by atoms with Crippen molar-refractivity contribution in [2.24, 2.45) is 0 Å². The lowest BCUT2D eigenvalue weighted by atomic mass is 10.00. The minimum atomic E-state index is -4.42. The zero-order valence-corrected chi connectivity index (χ0v) is 15.0. The van der Waals surface area contributed by atoms with Gasteiger partial charge in [-0.3, -0.25) is 9.78 Å². The molecule has 0 radical (unpaired) electrons. The molecule has 1 aromatic heterocycles. The molecule has 1 amide bonds. The zero-order chi connectivity index (χ0) is 19.7. The Balaban J connectivity index is 1.48. The lowest BCUT2D eigenvalue weighted by Crippen LogP contribution is -2.39. The van der Waals surface area contributed by atoms with Crippen molar-refractivity contribution in [2.75, 3.05) is 18.4 Å². The Morgan fingerprint density at radius 1 is 1.11 bits per heavy atom. The van der Waals surface area contributed by atoms with Gasteiger partial charge in [0.15, 0.2) is 0 Å². The number of anilines is 1. The first-order valence-corrected chi connectivity index (χ1v) is 8.96. The van der Waals surface area contributed by atoms with E-state index in [0.717, 1.165) is 24.1 Å². The highest BCUT2D eigenvalue weighted by molar-refractivity contribution is 5.93. The summed E-state index contributed by atoms with van der Waals surface area (Å²) in [5.74, 6) is -0.0497. The van der Waals surface area contributed by atoms with Gasteiger partial charge in [0.25, 0.3) is 0 Å². The summed E-state index contributed by atoms with van der Waals surface area (Å²) < 4.78 is 38.7. The smallest absolute Gasteiger partial charge is 0.376 e. The Labute approximate surface area is 160 Å². The van der Waals surface area contributed by atoms with Gasteiger partial charge in [0.1, 0.15) is 0 Å². The number of hydrogen-bond acceptors (Lipinski definition) is 3. The largest absolute Gasteiger partial charge is 0.416 e. The number of pyridine rings is 1. The third-order valence-corrected chi connectivity index (χ3v) is 4.98. The van der Waals surface area contributed by atoms with Gasteiger partial charge in [-0.2, -0.15) is 13.2 Å². The molecule has 0 fully saturated rings. The number of carbonyl (C=O) groups is 1. The third kappa shape index (κ3) is 3.65. The quantitative estimate of drug-likeness (QED) is 0.733. The van der Waals surface area contributed by atoms with E-state index in [4.69, 9.17) is 0 Å². The molecule has 144 valence electrons. The second-order valence-electron chi connectivity index (χ2n) is 6.78. The van der Waals surface area contributed by atoms with E-state index in [-0.39, 0.29) is 18.0 Å². The van der Waals surface area contributed by atoms with E-state index in [1.807, 2.05) is 18.2 Å². The van der Waals surface area contributed by atoms with Crippen LogP contribution < -0.4 is 5.32 Å². The highest BCUT2D eigenvalue weighted by Crippen LogP contribution is 2.32. The summed E-state index contributed by atoms with van der Waals surface area (Å²) in [6.45, 7) is 1.30. The van der Waals surface area contributed by atoms with Gasteiger partial charge in [-0.25, -0.2) is 0 Å². The predicted octanol–water partition coefficient (Wildman–Crippen LogP) is 4.25. The van der Waals surface area contributed by atoms with Crippen molar-refractivity contribution in [1.82, 2.24) is 9.88 Å². The average molecular weight is 385 g/mol. The number of nitrogens with zero attached hydrogens (tertiary/aromatic N) is 2. The molecule has 1 aliphatic heterocycles. The number of rotatable bonds is 3. The Hall–Kier alpha value is -3.09. The van der Waals surface area contributed by atoms with Crippen LogP contribution in [0.4, 0.5) is 18.9 Å². The molecule has 1 N–H and O–H groups in total. The number of benzene rings is 2. The van der Waals surface area contributed by atoms with Crippen LogP contribution in [0, 0.1) is 0 Å². The lowest BCUT2D eigenvalue weighted by Gasteiger charge is -2.29. The maximum atomic E-state index is 12.9. The molecule has 7 heteroatoms. The van der Waals surface area contributed by atoms with Crippen LogP contribution in [0.5, 0.6) is 0 Å². The summed E-state index contributed by atoms with van der Waals surface area (Å²) >= 11 is 0. The molecule has 0 saturated heterocycles. The molecule has 0 unspecified atom stereocenters. The first kappa shape index (κ1) is 18.3. The van der Waals surface area contributed by atoms with Crippen LogP contribution in [0.15, 0.2) is 54.7 Å². The Kier molecular flexibility index (Phi) is 4.66. The number of carbonyl (C=O) groups excluding carboxylic acids is 1. The summed E-state index contributed by atoms with van der Waals surface area (Å²) in [7, 11) is 0. The van der Waals surface area contributed by atoms with Crippen molar-refractivity contribution in [3.05, 3.63) is 71.4 Å². The van der Waals surface area contributed by atoms with Crippen molar-refractivity contribution in [2.45, 2.75) is 19.1 Å². The fraction of sp³-hybridized carbons (Fsp3) is 0.238. The monoisotopic (exact) mass is 385 g/mol. The maximum absolute atomic E-state index is 12.9. The molecule has 2 heterocycles. The molecule has 1 aliphatic rings. The number of hydrogen-bond donors (Lipinski definition) is 1. The highest BCUT2D eigenvalue weighted by atomic mass is 19.4. The molecular formula is C21H18F3N3O. The van der Waals surface area contributed by atoms with Crippen molar-refractivity contribution in [3.63, 3.8) is 0 Å². The van der Waals surface area contributed by atoms with Gasteiger partial charge in [-0.15, -0.1) is 0 Å². The molecule has 4 nitrogen and oxygen atoms in total. The molecule has 0 atom stereocenters.